The number of hydrogen-bond acceptors (Lipinski definition) is 6. The lowest BCUT2D eigenvalue weighted by atomic mass is 10.0. The van der Waals surface area contributed by atoms with Crippen molar-refractivity contribution in [2.45, 2.75) is 39.0 Å². The van der Waals surface area contributed by atoms with E-state index in [0.29, 0.717) is 17.9 Å². The third kappa shape index (κ3) is 6.64. The molecule has 0 radical (unpaired) electrons. The monoisotopic (exact) mass is 450 g/mol. The van der Waals surface area contributed by atoms with Crippen LogP contribution < -0.4 is 5.32 Å². The van der Waals surface area contributed by atoms with Crippen molar-refractivity contribution in [1.29, 1.82) is 5.26 Å². The molecule has 2 atom stereocenters. The number of carbonyl (C=O) groups is 2. The van der Waals surface area contributed by atoms with E-state index in [0.717, 1.165) is 15.6 Å². The number of fused-ring (bicyclic) bond motifs is 1. The van der Waals surface area contributed by atoms with Gasteiger partial charge in [-0.1, -0.05) is 62.4 Å². The van der Waals surface area contributed by atoms with Crippen molar-refractivity contribution in [3.63, 3.8) is 0 Å². The number of nitrogens with zero attached hydrogens (tertiary/aromatic N) is 1. The highest BCUT2D eigenvalue weighted by Crippen LogP contribution is 2.26. The molecule has 0 aliphatic rings. The fourth-order valence-corrected chi connectivity index (χ4v) is 4.10. The van der Waals surface area contributed by atoms with Crippen LogP contribution >= 0.6 is 11.3 Å². The summed E-state index contributed by atoms with van der Waals surface area (Å²) < 4.78 is 12.1. The normalized spacial score (nSPS) is 12.8. The standard InChI is InChI=1S/C25H26N2O4S/c1-17(2)12-21(31-25(29)23-13-19-10-6-7-11-22(19)32-23)24(28)27-20(14-26)16-30-15-18-8-4-3-5-9-18/h3-11,13,17,20-21H,12,15-16H2,1-2H3,(H,27,28)/t20-,21+/m1/s1. The van der Waals surface area contributed by atoms with Gasteiger partial charge in [0, 0.05) is 4.70 Å². The van der Waals surface area contributed by atoms with Gasteiger partial charge in [0.15, 0.2) is 6.10 Å². The second-order valence-corrected chi connectivity index (χ2v) is 8.95. The van der Waals surface area contributed by atoms with E-state index in [9.17, 15) is 14.9 Å². The van der Waals surface area contributed by atoms with E-state index in [1.165, 1.54) is 11.3 Å². The highest BCUT2D eigenvalue weighted by Gasteiger charge is 2.27. The zero-order chi connectivity index (χ0) is 22.9. The smallest absolute Gasteiger partial charge is 0.349 e. The lowest BCUT2D eigenvalue weighted by Gasteiger charge is -2.21. The van der Waals surface area contributed by atoms with Gasteiger partial charge in [0.25, 0.3) is 5.91 Å². The quantitative estimate of drug-likeness (QED) is 0.453. The molecule has 0 saturated carbocycles. The van der Waals surface area contributed by atoms with Crippen molar-refractivity contribution in [1.82, 2.24) is 5.32 Å². The lowest BCUT2D eigenvalue weighted by molar-refractivity contribution is -0.131. The number of nitrogens with one attached hydrogen (secondary N) is 1. The summed E-state index contributed by atoms with van der Waals surface area (Å²) in [7, 11) is 0. The summed E-state index contributed by atoms with van der Waals surface area (Å²) in [6.07, 6.45) is -0.636. The van der Waals surface area contributed by atoms with Crippen LogP contribution in [-0.4, -0.2) is 30.6 Å². The molecule has 0 spiro atoms. The third-order valence-electron chi connectivity index (χ3n) is 4.72. The number of hydrogen-bond donors (Lipinski definition) is 1. The van der Waals surface area contributed by atoms with Crippen LogP contribution in [0.3, 0.4) is 0 Å². The van der Waals surface area contributed by atoms with Crippen molar-refractivity contribution in [3.05, 3.63) is 71.1 Å². The first-order valence-corrected chi connectivity index (χ1v) is 11.3. The van der Waals surface area contributed by atoms with Gasteiger partial charge in [0.1, 0.15) is 10.9 Å². The zero-order valence-corrected chi connectivity index (χ0v) is 18.9. The molecule has 6 nitrogen and oxygen atoms in total. The third-order valence-corrected chi connectivity index (χ3v) is 5.82. The van der Waals surface area contributed by atoms with Crippen LogP contribution in [0, 0.1) is 17.2 Å². The molecule has 166 valence electrons. The van der Waals surface area contributed by atoms with Crippen molar-refractivity contribution in [2.75, 3.05) is 6.61 Å². The van der Waals surface area contributed by atoms with E-state index in [1.807, 2.05) is 74.5 Å². The molecule has 1 heterocycles. The second-order valence-electron chi connectivity index (χ2n) is 7.86. The number of amides is 1. The molecular formula is C25H26N2O4S. The minimum absolute atomic E-state index is 0.0375. The van der Waals surface area contributed by atoms with Crippen molar-refractivity contribution < 1.29 is 19.1 Å². The van der Waals surface area contributed by atoms with Crippen LogP contribution in [0.2, 0.25) is 0 Å². The van der Waals surface area contributed by atoms with Crippen LogP contribution in [0.5, 0.6) is 0 Å². The van der Waals surface area contributed by atoms with Gasteiger partial charge >= 0.3 is 5.97 Å². The lowest BCUT2D eigenvalue weighted by Crippen LogP contribution is -2.45. The Morgan fingerprint density at radius 1 is 1.09 bits per heavy atom. The topological polar surface area (TPSA) is 88.4 Å². The van der Waals surface area contributed by atoms with Gasteiger partial charge in [-0.3, -0.25) is 4.79 Å². The number of carbonyl (C=O) groups excluding carboxylic acids is 2. The van der Waals surface area contributed by atoms with E-state index in [2.05, 4.69) is 5.32 Å². The Morgan fingerprint density at radius 2 is 1.81 bits per heavy atom. The molecular weight excluding hydrogens is 424 g/mol. The molecule has 0 unspecified atom stereocenters. The van der Waals surface area contributed by atoms with E-state index < -0.39 is 24.0 Å². The molecule has 3 aromatic rings. The van der Waals surface area contributed by atoms with Crippen LogP contribution in [0.4, 0.5) is 0 Å². The highest BCUT2D eigenvalue weighted by molar-refractivity contribution is 7.20. The Bertz CT molecular complexity index is 1060. The van der Waals surface area contributed by atoms with Crippen LogP contribution in [-0.2, 0) is 20.9 Å². The van der Waals surface area contributed by atoms with Crippen molar-refractivity contribution in [3.8, 4) is 6.07 Å². The molecule has 3 rings (SSSR count). The summed E-state index contributed by atoms with van der Waals surface area (Å²) in [6.45, 7) is 4.26. The van der Waals surface area contributed by atoms with Crippen molar-refractivity contribution in [2.24, 2.45) is 5.92 Å². The number of benzene rings is 2. The predicted molar refractivity (Wildman–Crippen MR) is 124 cm³/mol. The van der Waals surface area contributed by atoms with Gasteiger partial charge < -0.3 is 14.8 Å². The summed E-state index contributed by atoms with van der Waals surface area (Å²) in [5.74, 6) is -0.917. The average Bonchev–Trinajstić information content (AvgIpc) is 3.23. The van der Waals surface area contributed by atoms with Crippen LogP contribution in [0.1, 0.15) is 35.5 Å². The molecule has 1 amide bonds. The van der Waals surface area contributed by atoms with Gasteiger partial charge in [-0.2, -0.15) is 5.26 Å². The van der Waals surface area contributed by atoms with Crippen LogP contribution in [0.25, 0.3) is 10.1 Å². The Labute approximate surface area is 191 Å². The van der Waals surface area contributed by atoms with E-state index in [4.69, 9.17) is 9.47 Å². The summed E-state index contributed by atoms with van der Waals surface area (Å²) >= 11 is 1.33. The number of rotatable bonds is 10. The molecule has 0 aliphatic heterocycles. The molecule has 7 heteroatoms. The maximum absolute atomic E-state index is 12.8. The number of thiophene rings is 1. The summed E-state index contributed by atoms with van der Waals surface area (Å²) in [5, 5.41) is 13.0. The zero-order valence-electron chi connectivity index (χ0n) is 18.1. The second kappa shape index (κ2) is 11.4. The van der Waals surface area contributed by atoms with E-state index >= 15 is 0 Å². The first-order valence-electron chi connectivity index (χ1n) is 10.5. The van der Waals surface area contributed by atoms with Crippen LogP contribution in [0.15, 0.2) is 60.7 Å². The molecule has 1 aromatic heterocycles. The molecule has 0 aliphatic carbocycles. The number of esters is 1. The maximum atomic E-state index is 12.8. The SMILES string of the molecule is CC(C)C[C@H](OC(=O)c1cc2ccccc2s1)C(=O)N[C@H](C#N)COCc1ccccc1. The molecule has 2 aromatic carbocycles. The molecule has 32 heavy (non-hydrogen) atoms. The predicted octanol–water partition coefficient (Wildman–Crippen LogP) is 4.70. The fraction of sp³-hybridized carbons (Fsp3) is 0.320. The summed E-state index contributed by atoms with van der Waals surface area (Å²) in [5.41, 5.74) is 0.977. The summed E-state index contributed by atoms with van der Waals surface area (Å²) in [4.78, 5) is 26.0. The minimum Gasteiger partial charge on any atom is -0.448 e. The first kappa shape index (κ1) is 23.5. The van der Waals surface area contributed by atoms with E-state index in [1.54, 1.807) is 6.07 Å². The van der Waals surface area contributed by atoms with Gasteiger partial charge in [0.2, 0.25) is 0 Å². The first-order chi connectivity index (χ1) is 15.5. The van der Waals surface area contributed by atoms with Gasteiger partial charge in [-0.15, -0.1) is 11.3 Å². The number of ether oxygens (including phenoxy) is 2. The highest BCUT2D eigenvalue weighted by atomic mass is 32.1. The largest absolute Gasteiger partial charge is 0.448 e. The Morgan fingerprint density at radius 3 is 2.50 bits per heavy atom. The molecule has 0 fully saturated rings. The Kier molecular flexibility index (Phi) is 8.37. The molecule has 1 N–H and O–H groups in total. The van der Waals surface area contributed by atoms with Crippen molar-refractivity contribution >= 4 is 33.3 Å². The molecule has 0 saturated heterocycles. The average molecular weight is 451 g/mol. The van der Waals surface area contributed by atoms with Gasteiger partial charge in [-0.25, -0.2) is 4.79 Å². The van der Waals surface area contributed by atoms with E-state index in [-0.39, 0.29) is 12.5 Å². The molecule has 0 bridgehead atoms. The fourth-order valence-electron chi connectivity index (χ4n) is 3.15. The minimum atomic E-state index is -0.988. The van der Waals surface area contributed by atoms with Gasteiger partial charge in [-0.05, 0) is 35.4 Å². The Balaban J connectivity index is 1.60. The summed E-state index contributed by atoms with van der Waals surface area (Å²) in [6, 6.07) is 20.2. The maximum Gasteiger partial charge on any atom is 0.349 e. The Hall–Kier alpha value is -3.21. The van der Waals surface area contributed by atoms with Gasteiger partial charge in [0.05, 0.1) is 19.3 Å². The number of nitriles is 1.